The molecule has 7 nitrogen and oxygen atoms in total. The highest BCUT2D eigenvalue weighted by molar-refractivity contribution is 7.13. The Morgan fingerprint density at radius 3 is 3.00 bits per heavy atom. The van der Waals surface area contributed by atoms with E-state index in [0.717, 1.165) is 21.6 Å². The average Bonchev–Trinajstić information content (AvgIpc) is 3.34. The molecule has 0 aliphatic rings. The summed E-state index contributed by atoms with van der Waals surface area (Å²) in [5, 5.41) is 9.15. The number of H-pyrrole nitrogens is 1. The van der Waals surface area contributed by atoms with E-state index in [0.29, 0.717) is 18.7 Å². The lowest BCUT2D eigenvalue weighted by molar-refractivity contribution is 0.0952. The molecule has 3 aromatic heterocycles. The zero-order valence-electron chi connectivity index (χ0n) is 13.7. The maximum absolute atomic E-state index is 12.3. The van der Waals surface area contributed by atoms with Gasteiger partial charge in [-0.25, -0.2) is 9.67 Å². The van der Waals surface area contributed by atoms with E-state index in [2.05, 4.69) is 20.4 Å². The Balaban J connectivity index is 1.43. The van der Waals surface area contributed by atoms with Crippen LogP contribution in [-0.2, 0) is 6.54 Å². The highest BCUT2D eigenvalue weighted by atomic mass is 32.1. The van der Waals surface area contributed by atoms with E-state index in [1.54, 1.807) is 41.9 Å². The third kappa shape index (κ3) is 3.27. The topological polar surface area (TPSA) is 92.7 Å². The molecule has 0 spiro atoms. The minimum Gasteiger partial charge on any atom is -0.350 e. The van der Waals surface area contributed by atoms with Crippen LogP contribution in [-0.4, -0.2) is 32.2 Å². The van der Waals surface area contributed by atoms with Crippen LogP contribution >= 0.6 is 11.3 Å². The first kappa shape index (κ1) is 16.2. The fourth-order valence-electron chi connectivity index (χ4n) is 2.62. The molecule has 0 aliphatic heterocycles. The van der Waals surface area contributed by atoms with Crippen LogP contribution in [0.25, 0.3) is 21.6 Å². The van der Waals surface area contributed by atoms with Gasteiger partial charge in [0, 0.05) is 18.2 Å². The number of imidazole rings is 1. The Morgan fingerprint density at radius 1 is 1.23 bits per heavy atom. The molecule has 0 atom stereocenters. The van der Waals surface area contributed by atoms with Crippen molar-refractivity contribution in [2.24, 2.45) is 0 Å². The highest BCUT2D eigenvalue weighted by Gasteiger charge is 2.08. The van der Waals surface area contributed by atoms with E-state index < -0.39 is 0 Å². The van der Waals surface area contributed by atoms with Crippen LogP contribution in [0.1, 0.15) is 10.4 Å². The Morgan fingerprint density at radius 2 is 2.15 bits per heavy atom. The smallest absolute Gasteiger partial charge is 0.266 e. The molecule has 0 saturated heterocycles. The monoisotopic (exact) mass is 365 g/mol. The summed E-state index contributed by atoms with van der Waals surface area (Å²) in [5.74, 6) is -0.205. The van der Waals surface area contributed by atoms with Gasteiger partial charge in [0.1, 0.15) is 5.69 Å². The van der Waals surface area contributed by atoms with Crippen LogP contribution in [0, 0.1) is 0 Å². The average molecular weight is 365 g/mol. The Bertz CT molecular complexity index is 1110. The quantitative estimate of drug-likeness (QED) is 0.567. The zero-order chi connectivity index (χ0) is 17.9. The van der Waals surface area contributed by atoms with Gasteiger partial charge in [0.2, 0.25) is 0 Å². The molecule has 0 unspecified atom stereocenters. The van der Waals surface area contributed by atoms with E-state index in [4.69, 9.17) is 0 Å². The summed E-state index contributed by atoms with van der Waals surface area (Å²) in [5.41, 5.74) is 2.70. The van der Waals surface area contributed by atoms with Gasteiger partial charge in [0.05, 0.1) is 28.8 Å². The molecule has 4 aromatic rings. The van der Waals surface area contributed by atoms with Gasteiger partial charge in [0.25, 0.3) is 11.5 Å². The number of fused-ring (bicyclic) bond motifs is 1. The second-order valence-electron chi connectivity index (χ2n) is 5.65. The number of hydrogen-bond donors (Lipinski definition) is 2. The van der Waals surface area contributed by atoms with E-state index in [1.165, 1.54) is 10.7 Å². The first-order chi connectivity index (χ1) is 12.7. The lowest BCUT2D eigenvalue weighted by atomic mass is 10.2. The van der Waals surface area contributed by atoms with E-state index in [1.807, 2.05) is 17.5 Å². The van der Waals surface area contributed by atoms with Crippen LogP contribution in [0.15, 0.2) is 59.0 Å². The van der Waals surface area contributed by atoms with Crippen molar-refractivity contribution in [3.05, 3.63) is 70.1 Å². The first-order valence-corrected chi connectivity index (χ1v) is 8.92. The minimum absolute atomic E-state index is 0.196. The molecule has 2 N–H and O–H groups in total. The molecule has 1 amide bonds. The summed E-state index contributed by atoms with van der Waals surface area (Å²) in [7, 11) is 0. The molecule has 130 valence electrons. The lowest BCUT2D eigenvalue weighted by Gasteiger charge is -2.08. The molecule has 3 heterocycles. The molecule has 26 heavy (non-hydrogen) atoms. The second-order valence-corrected chi connectivity index (χ2v) is 6.60. The molecular formula is C18H15N5O2S. The number of nitrogens with one attached hydrogen (secondary N) is 2. The third-order valence-electron chi connectivity index (χ3n) is 3.93. The van der Waals surface area contributed by atoms with Crippen molar-refractivity contribution in [1.29, 1.82) is 0 Å². The van der Waals surface area contributed by atoms with E-state index >= 15 is 0 Å². The van der Waals surface area contributed by atoms with Gasteiger partial charge in [-0.3, -0.25) is 9.59 Å². The molecule has 0 aliphatic carbocycles. The zero-order valence-corrected chi connectivity index (χ0v) is 14.5. The first-order valence-electron chi connectivity index (χ1n) is 8.04. The Kier molecular flexibility index (Phi) is 4.32. The van der Waals surface area contributed by atoms with Gasteiger partial charge < -0.3 is 10.3 Å². The Labute approximate surface area is 152 Å². The molecule has 4 rings (SSSR count). The summed E-state index contributed by atoms with van der Waals surface area (Å²) >= 11 is 1.56. The number of aromatic nitrogens is 4. The van der Waals surface area contributed by atoms with Crippen LogP contribution in [0.5, 0.6) is 0 Å². The molecule has 0 bridgehead atoms. The van der Waals surface area contributed by atoms with Gasteiger partial charge in [-0.1, -0.05) is 6.07 Å². The van der Waals surface area contributed by atoms with Crippen LogP contribution < -0.4 is 10.9 Å². The van der Waals surface area contributed by atoms with Gasteiger partial charge in [-0.15, -0.1) is 11.3 Å². The fourth-order valence-corrected chi connectivity index (χ4v) is 3.31. The van der Waals surface area contributed by atoms with Crippen molar-refractivity contribution in [2.75, 3.05) is 6.54 Å². The number of rotatable bonds is 5. The molecule has 0 fully saturated rings. The number of amides is 1. The number of thiophene rings is 1. The predicted molar refractivity (Wildman–Crippen MR) is 100 cm³/mol. The minimum atomic E-state index is -0.205. The number of aromatic amines is 1. The molecule has 0 saturated carbocycles. The summed E-state index contributed by atoms with van der Waals surface area (Å²) < 4.78 is 1.37. The predicted octanol–water partition coefficient (Wildman–Crippen LogP) is 2.28. The summed E-state index contributed by atoms with van der Waals surface area (Å²) in [6.07, 6.45) is 1.59. The largest absolute Gasteiger partial charge is 0.350 e. The summed E-state index contributed by atoms with van der Waals surface area (Å²) in [4.78, 5) is 32.4. The molecule has 1 aromatic carbocycles. The molecular weight excluding hydrogens is 350 g/mol. The second kappa shape index (κ2) is 6.93. The van der Waals surface area contributed by atoms with E-state index in [-0.39, 0.29) is 11.5 Å². The normalized spacial score (nSPS) is 10.9. The van der Waals surface area contributed by atoms with Crippen molar-refractivity contribution in [3.63, 3.8) is 0 Å². The molecule has 8 heteroatoms. The van der Waals surface area contributed by atoms with Crippen molar-refractivity contribution in [2.45, 2.75) is 6.54 Å². The van der Waals surface area contributed by atoms with Crippen LogP contribution in [0.3, 0.4) is 0 Å². The number of nitrogens with zero attached hydrogens (tertiary/aromatic N) is 3. The Hall–Kier alpha value is -3.26. The highest BCUT2D eigenvalue weighted by Crippen LogP contribution is 2.21. The number of hydrogen-bond acceptors (Lipinski definition) is 5. The van der Waals surface area contributed by atoms with Crippen molar-refractivity contribution < 1.29 is 4.79 Å². The van der Waals surface area contributed by atoms with Crippen molar-refractivity contribution in [3.8, 4) is 10.6 Å². The fraction of sp³-hybridized carbons (Fsp3) is 0.111. The maximum atomic E-state index is 12.3. The van der Waals surface area contributed by atoms with Crippen molar-refractivity contribution in [1.82, 2.24) is 25.1 Å². The summed E-state index contributed by atoms with van der Waals surface area (Å²) in [6.45, 7) is 0.608. The number of benzene rings is 1. The maximum Gasteiger partial charge on any atom is 0.266 e. The third-order valence-corrected chi connectivity index (χ3v) is 4.82. The lowest BCUT2D eigenvalue weighted by Crippen LogP contribution is -2.31. The van der Waals surface area contributed by atoms with Gasteiger partial charge in [0.15, 0.2) is 0 Å². The van der Waals surface area contributed by atoms with Crippen LogP contribution in [0.4, 0.5) is 0 Å². The SMILES string of the molecule is O=C(NCCn1nc(-c2cccs2)ccc1=O)c1ccc2nc[nH]c2c1. The van der Waals surface area contributed by atoms with Crippen molar-refractivity contribution >= 4 is 28.3 Å². The summed E-state index contributed by atoms with van der Waals surface area (Å²) in [6, 6.07) is 12.4. The number of carbonyl (C=O) groups is 1. The van der Waals surface area contributed by atoms with Gasteiger partial charge >= 0.3 is 0 Å². The standard InChI is InChI=1S/C18H15N5O2S/c24-17-6-5-14(16-2-1-9-26-16)22-23(17)8-7-19-18(25)12-3-4-13-15(10-12)21-11-20-13/h1-6,9-11H,7-8H2,(H,19,25)(H,20,21). The van der Waals surface area contributed by atoms with Crippen LogP contribution in [0.2, 0.25) is 0 Å². The molecule has 0 radical (unpaired) electrons. The number of carbonyl (C=O) groups excluding carboxylic acids is 1. The van der Waals surface area contributed by atoms with Gasteiger partial charge in [-0.05, 0) is 35.7 Å². The van der Waals surface area contributed by atoms with Gasteiger partial charge in [-0.2, -0.15) is 5.10 Å². The van der Waals surface area contributed by atoms with E-state index in [9.17, 15) is 9.59 Å².